The fourth-order valence-corrected chi connectivity index (χ4v) is 4.39. The number of rotatable bonds is 6. The van der Waals surface area contributed by atoms with Gasteiger partial charge in [-0.2, -0.15) is 0 Å². The maximum atomic E-state index is 12.7. The maximum Gasteiger partial charge on any atom is 0.246 e. The van der Waals surface area contributed by atoms with Gasteiger partial charge in [0.1, 0.15) is 11.3 Å². The molecule has 2 aromatic carbocycles. The SMILES string of the molecule is COc1ccc(-c2coc3c(C)c(OC)c(/C(C)=C/C(=O)N4CCCC4)cc23)cc1OC. The number of benzene rings is 2. The summed E-state index contributed by atoms with van der Waals surface area (Å²) in [5, 5.41) is 0.951. The van der Waals surface area contributed by atoms with Crippen molar-refractivity contribution in [1.29, 1.82) is 0 Å². The molecule has 1 saturated heterocycles. The summed E-state index contributed by atoms with van der Waals surface area (Å²) in [5.74, 6) is 2.08. The summed E-state index contributed by atoms with van der Waals surface area (Å²) in [5.41, 5.74) is 5.29. The van der Waals surface area contributed by atoms with Crippen LogP contribution in [0.4, 0.5) is 0 Å². The Kier molecular flexibility index (Phi) is 6.12. The van der Waals surface area contributed by atoms with Crippen molar-refractivity contribution in [3.05, 3.63) is 47.7 Å². The lowest BCUT2D eigenvalue weighted by molar-refractivity contribution is -0.124. The number of nitrogens with zero attached hydrogens (tertiary/aromatic N) is 1. The molecule has 0 bridgehead atoms. The standard InChI is InChI=1S/C26H29NO5/c1-16(12-24(28)27-10-6-7-11-27)19-14-20-21(15-32-26(20)17(2)25(19)31-5)18-8-9-22(29-3)23(13-18)30-4/h8-9,12-15H,6-7,10-11H2,1-5H3/b16-12+. The number of methoxy groups -OCH3 is 3. The van der Waals surface area contributed by atoms with Gasteiger partial charge in [0.05, 0.1) is 27.6 Å². The van der Waals surface area contributed by atoms with Crippen molar-refractivity contribution < 1.29 is 23.4 Å². The molecule has 0 saturated carbocycles. The number of hydrogen-bond acceptors (Lipinski definition) is 5. The van der Waals surface area contributed by atoms with Crippen LogP contribution >= 0.6 is 0 Å². The van der Waals surface area contributed by atoms with Crippen LogP contribution in [0.3, 0.4) is 0 Å². The van der Waals surface area contributed by atoms with Gasteiger partial charge in [0, 0.05) is 41.2 Å². The second kappa shape index (κ2) is 8.99. The highest BCUT2D eigenvalue weighted by Gasteiger charge is 2.21. The smallest absolute Gasteiger partial charge is 0.246 e. The minimum atomic E-state index is 0.0483. The molecule has 32 heavy (non-hydrogen) atoms. The number of aryl methyl sites for hydroxylation is 1. The largest absolute Gasteiger partial charge is 0.496 e. The summed E-state index contributed by atoms with van der Waals surface area (Å²) in [6.07, 6.45) is 5.59. The highest BCUT2D eigenvalue weighted by atomic mass is 16.5. The Morgan fingerprint density at radius 3 is 2.41 bits per heavy atom. The lowest BCUT2D eigenvalue weighted by Crippen LogP contribution is -2.25. The van der Waals surface area contributed by atoms with Gasteiger partial charge in [-0.3, -0.25) is 4.79 Å². The van der Waals surface area contributed by atoms with Crippen LogP contribution in [-0.4, -0.2) is 45.2 Å². The maximum absolute atomic E-state index is 12.7. The van der Waals surface area contributed by atoms with Crippen molar-refractivity contribution in [2.45, 2.75) is 26.7 Å². The summed E-state index contributed by atoms with van der Waals surface area (Å²) < 4.78 is 22.5. The number of furan rings is 1. The predicted octanol–water partition coefficient (Wildman–Crippen LogP) is 5.46. The van der Waals surface area contributed by atoms with Gasteiger partial charge in [-0.1, -0.05) is 6.07 Å². The zero-order chi connectivity index (χ0) is 22.8. The Bertz CT molecular complexity index is 1180. The lowest BCUT2D eigenvalue weighted by atomic mass is 9.96. The Hall–Kier alpha value is -3.41. The van der Waals surface area contributed by atoms with Crippen molar-refractivity contribution in [3.63, 3.8) is 0 Å². The third kappa shape index (κ3) is 3.81. The Morgan fingerprint density at radius 1 is 1.03 bits per heavy atom. The molecule has 1 aromatic heterocycles. The molecule has 0 unspecified atom stereocenters. The second-order valence-corrected chi connectivity index (χ2v) is 8.04. The number of fused-ring (bicyclic) bond motifs is 1. The van der Waals surface area contributed by atoms with Crippen LogP contribution in [0.25, 0.3) is 27.7 Å². The summed E-state index contributed by atoms with van der Waals surface area (Å²) in [4.78, 5) is 14.6. The molecule has 3 aromatic rings. The van der Waals surface area contributed by atoms with Crippen LogP contribution in [0.5, 0.6) is 17.2 Å². The van der Waals surface area contributed by atoms with E-state index in [1.54, 1.807) is 33.7 Å². The highest BCUT2D eigenvalue weighted by molar-refractivity contribution is 6.02. The molecule has 0 aliphatic carbocycles. The van der Waals surface area contributed by atoms with E-state index in [9.17, 15) is 4.79 Å². The molecule has 1 aliphatic rings. The van der Waals surface area contributed by atoms with Crippen molar-refractivity contribution in [2.75, 3.05) is 34.4 Å². The third-order valence-corrected chi connectivity index (χ3v) is 6.13. The average Bonchev–Trinajstić information content (AvgIpc) is 3.49. The minimum Gasteiger partial charge on any atom is -0.496 e. The molecule has 6 nitrogen and oxygen atoms in total. The summed E-state index contributed by atoms with van der Waals surface area (Å²) in [7, 11) is 4.88. The number of amides is 1. The second-order valence-electron chi connectivity index (χ2n) is 8.04. The van der Waals surface area contributed by atoms with Crippen molar-refractivity contribution >= 4 is 22.4 Å². The van der Waals surface area contributed by atoms with Crippen LogP contribution in [0.1, 0.15) is 30.9 Å². The minimum absolute atomic E-state index is 0.0483. The number of hydrogen-bond donors (Lipinski definition) is 0. The van der Waals surface area contributed by atoms with Crippen LogP contribution < -0.4 is 14.2 Å². The molecule has 4 rings (SSSR count). The quantitative estimate of drug-likeness (QED) is 0.481. The average molecular weight is 436 g/mol. The van der Waals surface area contributed by atoms with E-state index in [1.165, 1.54) is 0 Å². The van der Waals surface area contributed by atoms with Gasteiger partial charge in [0.15, 0.2) is 11.5 Å². The van der Waals surface area contributed by atoms with E-state index in [0.717, 1.165) is 64.7 Å². The normalized spacial score (nSPS) is 14.2. The van der Waals surface area contributed by atoms with E-state index in [0.29, 0.717) is 17.2 Å². The molecule has 168 valence electrons. The Morgan fingerprint density at radius 2 is 1.75 bits per heavy atom. The predicted molar refractivity (Wildman–Crippen MR) is 126 cm³/mol. The van der Waals surface area contributed by atoms with Gasteiger partial charge in [-0.05, 0) is 56.0 Å². The first kappa shape index (κ1) is 21.8. The van der Waals surface area contributed by atoms with Crippen LogP contribution in [-0.2, 0) is 4.79 Å². The molecule has 6 heteroatoms. The molecular weight excluding hydrogens is 406 g/mol. The van der Waals surface area contributed by atoms with Gasteiger partial charge in [0.25, 0.3) is 0 Å². The molecular formula is C26H29NO5. The third-order valence-electron chi connectivity index (χ3n) is 6.13. The summed E-state index contributed by atoms with van der Waals surface area (Å²) in [6, 6.07) is 7.83. The van der Waals surface area contributed by atoms with E-state index in [4.69, 9.17) is 18.6 Å². The first-order valence-electron chi connectivity index (χ1n) is 10.8. The van der Waals surface area contributed by atoms with Crippen LogP contribution in [0, 0.1) is 6.92 Å². The van der Waals surface area contributed by atoms with Crippen molar-refractivity contribution in [1.82, 2.24) is 4.90 Å². The highest BCUT2D eigenvalue weighted by Crippen LogP contribution is 2.42. The van der Waals surface area contributed by atoms with E-state index in [1.807, 2.05) is 43.0 Å². The Balaban J connectivity index is 1.83. The molecule has 0 radical (unpaired) electrons. The van der Waals surface area contributed by atoms with Gasteiger partial charge < -0.3 is 23.5 Å². The number of ether oxygens (including phenoxy) is 3. The monoisotopic (exact) mass is 435 g/mol. The zero-order valence-electron chi connectivity index (χ0n) is 19.3. The Labute approximate surface area is 188 Å². The first-order chi connectivity index (χ1) is 15.5. The number of carbonyl (C=O) groups is 1. The first-order valence-corrected chi connectivity index (χ1v) is 10.8. The van der Waals surface area contributed by atoms with Gasteiger partial charge in [0.2, 0.25) is 5.91 Å². The van der Waals surface area contributed by atoms with E-state index < -0.39 is 0 Å². The zero-order valence-corrected chi connectivity index (χ0v) is 19.3. The number of likely N-dealkylation sites (tertiary alicyclic amines) is 1. The van der Waals surface area contributed by atoms with Gasteiger partial charge in [-0.15, -0.1) is 0 Å². The van der Waals surface area contributed by atoms with E-state index in [2.05, 4.69) is 0 Å². The van der Waals surface area contributed by atoms with Gasteiger partial charge in [-0.25, -0.2) is 0 Å². The lowest BCUT2D eigenvalue weighted by Gasteiger charge is -2.16. The molecule has 1 amide bonds. The summed E-state index contributed by atoms with van der Waals surface area (Å²) in [6.45, 7) is 5.57. The fourth-order valence-electron chi connectivity index (χ4n) is 4.39. The molecule has 1 aliphatic heterocycles. The number of allylic oxidation sites excluding steroid dienone is 1. The molecule has 0 N–H and O–H groups in total. The molecule has 0 atom stereocenters. The molecule has 1 fully saturated rings. The van der Waals surface area contributed by atoms with Gasteiger partial charge >= 0.3 is 0 Å². The van der Waals surface area contributed by atoms with Crippen molar-refractivity contribution in [2.24, 2.45) is 0 Å². The van der Waals surface area contributed by atoms with E-state index >= 15 is 0 Å². The topological polar surface area (TPSA) is 61.1 Å². The molecule has 2 heterocycles. The van der Waals surface area contributed by atoms with E-state index in [-0.39, 0.29) is 5.91 Å². The number of carbonyl (C=O) groups excluding carboxylic acids is 1. The van der Waals surface area contributed by atoms with Crippen LogP contribution in [0.15, 0.2) is 41.0 Å². The summed E-state index contributed by atoms with van der Waals surface area (Å²) >= 11 is 0. The fraction of sp³-hybridized carbons (Fsp3) is 0.346. The van der Waals surface area contributed by atoms with Crippen molar-refractivity contribution in [3.8, 4) is 28.4 Å². The van der Waals surface area contributed by atoms with Crippen LogP contribution in [0.2, 0.25) is 0 Å². The molecule has 0 spiro atoms.